The molecule has 0 bridgehead atoms. The Morgan fingerprint density at radius 2 is 2.22 bits per heavy atom. The fourth-order valence-electron chi connectivity index (χ4n) is 1.47. The standard InChI is InChI=1S/C12H9F2N3S/c1-17(12-16-6-10(5-15)18-12)7-8-2-3-9(13)4-11(8)14/h2-4,6H,7H2,1H3. The number of benzene rings is 1. The average Bonchev–Trinajstić information content (AvgIpc) is 2.81. The number of thiazole rings is 1. The van der Waals surface area contributed by atoms with Crippen molar-refractivity contribution in [2.24, 2.45) is 0 Å². The second-order valence-electron chi connectivity index (χ2n) is 3.71. The number of hydrogen-bond acceptors (Lipinski definition) is 4. The molecule has 0 aliphatic heterocycles. The van der Waals surface area contributed by atoms with Crippen LogP contribution in [0.3, 0.4) is 0 Å². The van der Waals surface area contributed by atoms with Gasteiger partial charge in [-0.25, -0.2) is 13.8 Å². The minimum absolute atomic E-state index is 0.268. The molecule has 2 rings (SSSR count). The highest BCUT2D eigenvalue weighted by Crippen LogP contribution is 2.22. The lowest BCUT2D eigenvalue weighted by Gasteiger charge is -2.15. The molecule has 0 unspecified atom stereocenters. The Bertz CT molecular complexity index is 604. The first-order chi connectivity index (χ1) is 8.60. The Morgan fingerprint density at radius 1 is 1.44 bits per heavy atom. The van der Waals surface area contributed by atoms with Gasteiger partial charge in [0.2, 0.25) is 0 Å². The van der Waals surface area contributed by atoms with Gasteiger partial charge in [0.1, 0.15) is 22.6 Å². The van der Waals surface area contributed by atoms with Crippen LogP contribution >= 0.6 is 11.3 Å². The minimum atomic E-state index is -0.597. The molecule has 1 aromatic heterocycles. The molecule has 92 valence electrons. The number of anilines is 1. The van der Waals surface area contributed by atoms with E-state index in [9.17, 15) is 8.78 Å². The minimum Gasteiger partial charge on any atom is -0.347 e. The maximum atomic E-state index is 13.5. The molecule has 0 aliphatic carbocycles. The third kappa shape index (κ3) is 2.63. The summed E-state index contributed by atoms with van der Waals surface area (Å²) in [6.45, 7) is 0.268. The predicted molar refractivity (Wildman–Crippen MR) is 65.3 cm³/mol. The lowest BCUT2D eigenvalue weighted by molar-refractivity contribution is 0.571. The number of halogens is 2. The van der Waals surface area contributed by atoms with E-state index >= 15 is 0 Å². The second kappa shape index (κ2) is 5.10. The van der Waals surface area contributed by atoms with Gasteiger partial charge in [0, 0.05) is 25.2 Å². The van der Waals surface area contributed by atoms with Crippen LogP contribution < -0.4 is 4.90 Å². The van der Waals surface area contributed by atoms with E-state index in [1.165, 1.54) is 29.7 Å². The average molecular weight is 265 g/mol. The Kier molecular flexibility index (Phi) is 3.53. The van der Waals surface area contributed by atoms with Gasteiger partial charge in [-0.3, -0.25) is 0 Å². The van der Waals surface area contributed by atoms with Gasteiger partial charge in [0.05, 0.1) is 6.20 Å². The van der Waals surface area contributed by atoms with Crippen molar-refractivity contribution in [1.82, 2.24) is 4.98 Å². The monoisotopic (exact) mass is 265 g/mol. The summed E-state index contributed by atoms with van der Waals surface area (Å²) in [5, 5.41) is 9.32. The zero-order valence-electron chi connectivity index (χ0n) is 9.52. The van der Waals surface area contributed by atoms with Crippen LogP contribution in [0, 0.1) is 23.0 Å². The van der Waals surface area contributed by atoms with Gasteiger partial charge in [-0.2, -0.15) is 5.26 Å². The predicted octanol–water partition coefficient (Wildman–Crippen LogP) is 2.93. The molecule has 0 saturated carbocycles. The topological polar surface area (TPSA) is 39.9 Å². The lowest BCUT2D eigenvalue weighted by atomic mass is 10.2. The van der Waals surface area contributed by atoms with Gasteiger partial charge in [-0.05, 0) is 6.07 Å². The second-order valence-corrected chi connectivity index (χ2v) is 4.72. The van der Waals surface area contributed by atoms with E-state index in [-0.39, 0.29) is 6.54 Å². The summed E-state index contributed by atoms with van der Waals surface area (Å²) in [6.07, 6.45) is 1.47. The van der Waals surface area contributed by atoms with Crippen LogP contribution in [0.2, 0.25) is 0 Å². The zero-order chi connectivity index (χ0) is 13.1. The molecule has 18 heavy (non-hydrogen) atoms. The summed E-state index contributed by atoms with van der Waals surface area (Å²) in [7, 11) is 1.74. The molecule has 3 nitrogen and oxygen atoms in total. The third-order valence-electron chi connectivity index (χ3n) is 2.35. The van der Waals surface area contributed by atoms with Crippen molar-refractivity contribution in [3.8, 4) is 6.07 Å². The molecule has 2 aromatic rings. The number of hydrogen-bond donors (Lipinski definition) is 0. The highest BCUT2D eigenvalue weighted by Gasteiger charge is 2.10. The zero-order valence-corrected chi connectivity index (χ0v) is 10.3. The van der Waals surface area contributed by atoms with Crippen LogP contribution in [0.15, 0.2) is 24.4 Å². The first-order valence-electron chi connectivity index (χ1n) is 5.11. The van der Waals surface area contributed by atoms with Crippen LogP contribution in [-0.4, -0.2) is 12.0 Å². The van der Waals surface area contributed by atoms with E-state index in [2.05, 4.69) is 4.98 Å². The SMILES string of the molecule is CN(Cc1ccc(F)cc1F)c1ncc(C#N)s1. The van der Waals surface area contributed by atoms with E-state index in [0.717, 1.165) is 6.07 Å². The first kappa shape index (κ1) is 12.5. The van der Waals surface area contributed by atoms with Crippen LogP contribution in [0.4, 0.5) is 13.9 Å². The van der Waals surface area contributed by atoms with Gasteiger partial charge >= 0.3 is 0 Å². The highest BCUT2D eigenvalue weighted by molar-refractivity contribution is 7.16. The van der Waals surface area contributed by atoms with Crippen LogP contribution in [0.25, 0.3) is 0 Å². The Balaban J connectivity index is 2.16. The maximum absolute atomic E-state index is 13.5. The van der Waals surface area contributed by atoms with Crippen LogP contribution in [0.1, 0.15) is 10.4 Å². The van der Waals surface area contributed by atoms with E-state index in [1.807, 2.05) is 6.07 Å². The maximum Gasteiger partial charge on any atom is 0.186 e. The molecule has 1 aromatic carbocycles. The summed E-state index contributed by atoms with van der Waals surface area (Å²) in [5.41, 5.74) is 0.382. The number of nitriles is 1. The Morgan fingerprint density at radius 3 is 2.83 bits per heavy atom. The van der Waals surface area contributed by atoms with Gasteiger partial charge < -0.3 is 4.90 Å². The number of nitrogens with zero attached hydrogens (tertiary/aromatic N) is 3. The third-order valence-corrected chi connectivity index (χ3v) is 3.37. The molecule has 0 aliphatic rings. The molecular formula is C12H9F2N3S. The molecular weight excluding hydrogens is 256 g/mol. The molecule has 0 atom stereocenters. The molecule has 6 heteroatoms. The summed E-state index contributed by atoms with van der Waals surface area (Å²) < 4.78 is 26.2. The molecule has 0 saturated heterocycles. The summed E-state index contributed by atoms with van der Waals surface area (Å²) in [6, 6.07) is 5.46. The van der Waals surface area contributed by atoms with Gasteiger partial charge in [-0.15, -0.1) is 0 Å². The molecule has 1 heterocycles. The molecule has 0 radical (unpaired) electrons. The Labute approximate surface area is 107 Å². The highest BCUT2D eigenvalue weighted by atomic mass is 32.1. The van der Waals surface area contributed by atoms with Crippen molar-refractivity contribution in [2.75, 3.05) is 11.9 Å². The molecule has 0 amide bonds. The van der Waals surface area contributed by atoms with E-state index in [0.29, 0.717) is 15.6 Å². The smallest absolute Gasteiger partial charge is 0.186 e. The van der Waals surface area contributed by atoms with Crippen molar-refractivity contribution in [3.63, 3.8) is 0 Å². The number of aromatic nitrogens is 1. The quantitative estimate of drug-likeness (QED) is 0.856. The van der Waals surface area contributed by atoms with Crippen molar-refractivity contribution in [1.29, 1.82) is 5.26 Å². The molecule has 0 fully saturated rings. The van der Waals surface area contributed by atoms with E-state index < -0.39 is 11.6 Å². The summed E-state index contributed by atoms with van der Waals surface area (Å²) >= 11 is 1.23. The van der Waals surface area contributed by atoms with Gasteiger partial charge in [-0.1, -0.05) is 17.4 Å². The first-order valence-corrected chi connectivity index (χ1v) is 5.93. The van der Waals surface area contributed by atoms with Gasteiger partial charge in [0.15, 0.2) is 5.13 Å². The van der Waals surface area contributed by atoms with Crippen molar-refractivity contribution in [3.05, 3.63) is 46.5 Å². The largest absolute Gasteiger partial charge is 0.347 e. The number of rotatable bonds is 3. The van der Waals surface area contributed by atoms with Crippen molar-refractivity contribution >= 4 is 16.5 Å². The lowest BCUT2D eigenvalue weighted by Crippen LogP contribution is -2.17. The van der Waals surface area contributed by atoms with E-state index in [4.69, 9.17) is 5.26 Å². The summed E-state index contributed by atoms with van der Waals surface area (Å²) in [5.74, 6) is -1.18. The van der Waals surface area contributed by atoms with Crippen LogP contribution in [-0.2, 0) is 6.54 Å². The fourth-order valence-corrected chi connectivity index (χ4v) is 2.14. The summed E-state index contributed by atoms with van der Waals surface area (Å²) in [4.78, 5) is 6.26. The molecule has 0 N–H and O–H groups in total. The Hall–Kier alpha value is -2.00. The molecule has 0 spiro atoms. The van der Waals surface area contributed by atoms with Crippen molar-refractivity contribution in [2.45, 2.75) is 6.54 Å². The van der Waals surface area contributed by atoms with Crippen LogP contribution in [0.5, 0.6) is 0 Å². The normalized spacial score (nSPS) is 10.1. The van der Waals surface area contributed by atoms with Gasteiger partial charge in [0.25, 0.3) is 0 Å². The fraction of sp³-hybridized carbons (Fsp3) is 0.167. The van der Waals surface area contributed by atoms with Crippen molar-refractivity contribution < 1.29 is 8.78 Å². The van der Waals surface area contributed by atoms with E-state index in [1.54, 1.807) is 11.9 Å².